The second kappa shape index (κ2) is 15.6. The van der Waals surface area contributed by atoms with Crippen molar-refractivity contribution in [1.29, 1.82) is 0 Å². The number of aryl methyl sites for hydroxylation is 1. The fourth-order valence-electron chi connectivity index (χ4n) is 4.57. The van der Waals surface area contributed by atoms with Gasteiger partial charge in [0.2, 0.25) is 0 Å². The molecule has 0 fully saturated rings. The SMILES string of the molecule is CCCCCCP(c1ccccc1)c1ccc(CCCC)c(CCCC)c1CCCC. The van der Waals surface area contributed by atoms with Crippen molar-refractivity contribution in [2.24, 2.45) is 0 Å². The Labute approximate surface area is 195 Å². The van der Waals surface area contributed by atoms with Gasteiger partial charge in [0, 0.05) is 0 Å². The summed E-state index contributed by atoms with van der Waals surface area (Å²) in [5.74, 6) is 0. The number of benzene rings is 2. The molecule has 0 aliphatic heterocycles. The number of unbranched alkanes of at least 4 members (excludes halogenated alkanes) is 6. The Bertz CT molecular complexity index is 719. The molecule has 0 aliphatic rings. The van der Waals surface area contributed by atoms with Gasteiger partial charge in [-0.25, -0.2) is 0 Å². The third kappa shape index (κ3) is 8.38. The lowest BCUT2D eigenvalue weighted by Gasteiger charge is -2.26. The molecule has 0 heterocycles. The first-order valence-corrected chi connectivity index (χ1v) is 14.8. The minimum Gasteiger partial charge on any atom is -0.0654 e. The minimum absolute atomic E-state index is 0.261. The zero-order chi connectivity index (χ0) is 22.3. The van der Waals surface area contributed by atoms with E-state index in [0.29, 0.717) is 0 Å². The molecule has 1 unspecified atom stereocenters. The second-order valence-corrected chi connectivity index (χ2v) is 11.4. The fourth-order valence-corrected chi connectivity index (χ4v) is 7.25. The van der Waals surface area contributed by atoms with Crippen molar-refractivity contribution in [2.75, 3.05) is 6.16 Å². The van der Waals surface area contributed by atoms with Gasteiger partial charge in [0.15, 0.2) is 0 Å². The number of rotatable bonds is 16. The van der Waals surface area contributed by atoms with Gasteiger partial charge < -0.3 is 0 Å². The predicted molar refractivity (Wildman–Crippen MR) is 144 cm³/mol. The molecule has 1 atom stereocenters. The van der Waals surface area contributed by atoms with Crippen molar-refractivity contribution < 1.29 is 0 Å². The van der Waals surface area contributed by atoms with Crippen LogP contribution in [0.2, 0.25) is 0 Å². The first-order chi connectivity index (χ1) is 15.3. The largest absolute Gasteiger partial charge is 0.0654 e. The Morgan fingerprint density at radius 2 is 1.16 bits per heavy atom. The lowest BCUT2D eigenvalue weighted by Crippen LogP contribution is -2.21. The summed E-state index contributed by atoms with van der Waals surface area (Å²) in [6.07, 6.45) is 18.4. The highest BCUT2D eigenvalue weighted by atomic mass is 31.1. The maximum absolute atomic E-state index is 2.56. The molecule has 2 rings (SSSR count). The van der Waals surface area contributed by atoms with Gasteiger partial charge in [-0.15, -0.1) is 0 Å². The number of hydrogen-bond acceptors (Lipinski definition) is 0. The quantitative estimate of drug-likeness (QED) is 0.181. The van der Waals surface area contributed by atoms with Crippen LogP contribution in [0.4, 0.5) is 0 Å². The molecule has 2 aromatic carbocycles. The van der Waals surface area contributed by atoms with Crippen molar-refractivity contribution in [3.05, 3.63) is 59.2 Å². The highest BCUT2D eigenvalue weighted by molar-refractivity contribution is 7.73. The maximum Gasteiger partial charge on any atom is -0.0160 e. The summed E-state index contributed by atoms with van der Waals surface area (Å²) in [5.41, 5.74) is 5.13. The van der Waals surface area contributed by atoms with Crippen LogP contribution in [0, 0.1) is 0 Å². The van der Waals surface area contributed by atoms with Crippen molar-refractivity contribution in [3.8, 4) is 0 Å². The summed E-state index contributed by atoms with van der Waals surface area (Å²) in [4.78, 5) is 0. The predicted octanol–water partition coefficient (Wildman–Crippen LogP) is 8.73. The van der Waals surface area contributed by atoms with E-state index in [1.807, 2.05) is 0 Å². The summed E-state index contributed by atoms with van der Waals surface area (Å²) in [6, 6.07) is 16.5. The van der Waals surface area contributed by atoms with Crippen LogP contribution in [-0.4, -0.2) is 6.16 Å². The summed E-state index contributed by atoms with van der Waals surface area (Å²) >= 11 is 0. The molecule has 0 saturated carbocycles. The standard InChI is InChI=1S/C30H47P/c1-5-9-13-17-25-31(27-19-15-14-16-20-27)30-24-23-26(18-10-6-2)28(21-11-7-3)29(30)22-12-8-4/h14-16,19-20,23-24H,5-13,17-18,21-22,25H2,1-4H3. The van der Waals surface area contributed by atoms with Crippen LogP contribution in [-0.2, 0) is 19.3 Å². The van der Waals surface area contributed by atoms with E-state index in [-0.39, 0.29) is 7.92 Å². The van der Waals surface area contributed by atoms with Crippen molar-refractivity contribution in [2.45, 2.75) is 111 Å². The lowest BCUT2D eigenvalue weighted by molar-refractivity contribution is 0.705. The van der Waals surface area contributed by atoms with Crippen molar-refractivity contribution in [3.63, 3.8) is 0 Å². The molecule has 2 aromatic rings. The van der Waals surface area contributed by atoms with E-state index in [0.717, 1.165) is 0 Å². The van der Waals surface area contributed by atoms with Crippen LogP contribution < -0.4 is 10.6 Å². The van der Waals surface area contributed by atoms with Gasteiger partial charge in [0.05, 0.1) is 0 Å². The Morgan fingerprint density at radius 3 is 1.81 bits per heavy atom. The Hall–Kier alpha value is -1.13. The van der Waals surface area contributed by atoms with Crippen molar-refractivity contribution >= 4 is 18.5 Å². The molecule has 0 radical (unpaired) electrons. The normalized spacial score (nSPS) is 12.3. The number of hydrogen-bond donors (Lipinski definition) is 0. The van der Waals surface area contributed by atoms with E-state index in [4.69, 9.17) is 0 Å². The zero-order valence-corrected chi connectivity index (χ0v) is 21.8. The summed E-state index contributed by atoms with van der Waals surface area (Å²) in [5, 5.41) is 3.28. The molecule has 31 heavy (non-hydrogen) atoms. The molecule has 0 aromatic heterocycles. The molecular formula is C30H47P. The second-order valence-electron chi connectivity index (χ2n) is 9.06. The van der Waals surface area contributed by atoms with Gasteiger partial charge in [0.25, 0.3) is 0 Å². The van der Waals surface area contributed by atoms with E-state index in [1.54, 1.807) is 27.3 Å². The van der Waals surface area contributed by atoms with Gasteiger partial charge >= 0.3 is 0 Å². The smallest absolute Gasteiger partial charge is 0.0160 e. The van der Waals surface area contributed by atoms with Gasteiger partial charge in [-0.2, -0.15) is 0 Å². The van der Waals surface area contributed by atoms with E-state index in [9.17, 15) is 0 Å². The van der Waals surface area contributed by atoms with Crippen LogP contribution in [0.25, 0.3) is 0 Å². The molecular weight excluding hydrogens is 391 g/mol. The zero-order valence-electron chi connectivity index (χ0n) is 20.9. The highest BCUT2D eigenvalue weighted by Gasteiger charge is 2.20. The third-order valence-electron chi connectivity index (χ3n) is 6.46. The Balaban J connectivity index is 2.50. The van der Waals surface area contributed by atoms with Gasteiger partial charge in [-0.05, 0) is 86.3 Å². The lowest BCUT2D eigenvalue weighted by atomic mass is 9.91. The molecule has 0 aliphatic carbocycles. The molecule has 0 saturated heterocycles. The molecule has 0 nitrogen and oxygen atoms in total. The van der Waals surface area contributed by atoms with E-state index < -0.39 is 0 Å². The van der Waals surface area contributed by atoms with Gasteiger partial charge in [-0.3, -0.25) is 0 Å². The van der Waals surface area contributed by atoms with Crippen LogP contribution in [0.5, 0.6) is 0 Å². The summed E-state index contributed by atoms with van der Waals surface area (Å²) in [7, 11) is -0.261. The molecule has 0 amide bonds. The monoisotopic (exact) mass is 438 g/mol. The molecule has 0 N–H and O–H groups in total. The summed E-state index contributed by atoms with van der Waals surface area (Å²) < 4.78 is 0. The van der Waals surface area contributed by atoms with Crippen LogP contribution in [0.3, 0.4) is 0 Å². The Morgan fingerprint density at radius 1 is 0.548 bits per heavy atom. The highest BCUT2D eigenvalue weighted by Crippen LogP contribution is 2.38. The first-order valence-electron chi connectivity index (χ1n) is 13.2. The molecule has 0 bridgehead atoms. The minimum atomic E-state index is -0.261. The molecule has 172 valence electrons. The van der Waals surface area contributed by atoms with Gasteiger partial charge in [-0.1, -0.05) is 109 Å². The summed E-state index contributed by atoms with van der Waals surface area (Å²) in [6.45, 7) is 9.32. The van der Waals surface area contributed by atoms with Gasteiger partial charge in [0.1, 0.15) is 0 Å². The first kappa shape index (κ1) is 26.1. The fraction of sp³-hybridized carbons (Fsp3) is 0.600. The third-order valence-corrected chi connectivity index (χ3v) is 9.14. The molecule has 1 heteroatoms. The van der Waals surface area contributed by atoms with Crippen LogP contribution in [0.15, 0.2) is 42.5 Å². The maximum atomic E-state index is 2.56. The average molecular weight is 439 g/mol. The average Bonchev–Trinajstić information content (AvgIpc) is 2.81. The van der Waals surface area contributed by atoms with Crippen LogP contribution in [0.1, 0.15) is 109 Å². The molecule has 0 spiro atoms. The van der Waals surface area contributed by atoms with E-state index >= 15 is 0 Å². The van der Waals surface area contributed by atoms with Crippen LogP contribution >= 0.6 is 7.92 Å². The van der Waals surface area contributed by atoms with Crippen molar-refractivity contribution in [1.82, 2.24) is 0 Å². The topological polar surface area (TPSA) is 0 Å². The van der Waals surface area contributed by atoms with E-state index in [2.05, 4.69) is 70.2 Å². The Kier molecular flexibility index (Phi) is 13.2. The van der Waals surface area contributed by atoms with E-state index in [1.165, 1.54) is 89.6 Å².